The Hall–Kier alpha value is -0.830. The molecule has 0 N–H and O–H groups in total. The highest BCUT2D eigenvalue weighted by Crippen LogP contribution is 2.28. The molecule has 1 aliphatic rings. The lowest BCUT2D eigenvalue weighted by molar-refractivity contribution is 0.283. The summed E-state index contributed by atoms with van der Waals surface area (Å²) in [4.78, 5) is 3.43. The molecular weight excluding hydrogens is 181 g/mol. The Labute approximate surface area is 74.3 Å². The minimum absolute atomic E-state index is 0.149. The summed E-state index contributed by atoms with van der Waals surface area (Å²) in [5.74, 6) is -0.434. The van der Waals surface area contributed by atoms with Crippen molar-refractivity contribution < 1.29 is 9.13 Å². The van der Waals surface area contributed by atoms with Crippen LogP contribution in [0.2, 0.25) is 5.15 Å². The number of nitrogens with zero attached hydrogens (tertiary/aromatic N) is 1. The normalized spacial score (nSPS) is 16.2. The van der Waals surface area contributed by atoms with Gasteiger partial charge < -0.3 is 4.74 Å². The van der Waals surface area contributed by atoms with Crippen molar-refractivity contribution in [3.63, 3.8) is 0 Å². The Morgan fingerprint density at radius 3 is 2.83 bits per heavy atom. The molecule has 0 amide bonds. The Morgan fingerprint density at radius 2 is 2.25 bits per heavy atom. The molecule has 1 aromatic rings. The molecule has 0 atom stereocenters. The van der Waals surface area contributed by atoms with Crippen molar-refractivity contribution in [1.29, 1.82) is 0 Å². The number of hydrogen-bond acceptors (Lipinski definition) is 2. The van der Waals surface area contributed by atoms with E-state index in [1.54, 1.807) is 0 Å². The van der Waals surface area contributed by atoms with Crippen LogP contribution in [0.3, 0.4) is 0 Å². The number of ether oxygens (including phenoxy) is 1. The van der Waals surface area contributed by atoms with Crippen molar-refractivity contribution in [1.82, 2.24) is 4.98 Å². The molecule has 4 heteroatoms. The molecule has 0 aliphatic heterocycles. The highest BCUT2D eigenvalue weighted by molar-refractivity contribution is 6.29. The van der Waals surface area contributed by atoms with E-state index >= 15 is 0 Å². The summed E-state index contributed by atoms with van der Waals surface area (Å²) in [7, 11) is 0. The molecule has 1 heterocycles. The first-order valence-corrected chi connectivity index (χ1v) is 4.12. The Bertz CT molecular complexity index is 301. The van der Waals surface area contributed by atoms with Crippen molar-refractivity contribution in [2.45, 2.75) is 18.9 Å². The minimum atomic E-state index is -0.630. The van der Waals surface area contributed by atoms with E-state index in [-0.39, 0.29) is 17.0 Å². The summed E-state index contributed by atoms with van der Waals surface area (Å²) < 4.78 is 18.1. The van der Waals surface area contributed by atoms with Crippen LogP contribution in [0.25, 0.3) is 0 Å². The summed E-state index contributed by atoms with van der Waals surface area (Å²) >= 11 is 5.46. The van der Waals surface area contributed by atoms with Crippen LogP contribution in [0.4, 0.5) is 4.39 Å². The molecule has 0 radical (unpaired) electrons. The number of pyridine rings is 1. The zero-order valence-corrected chi connectivity index (χ0v) is 7.01. The third-order valence-electron chi connectivity index (χ3n) is 1.60. The van der Waals surface area contributed by atoms with Gasteiger partial charge in [-0.15, -0.1) is 0 Å². The molecule has 0 spiro atoms. The number of aromatic nitrogens is 1. The van der Waals surface area contributed by atoms with E-state index in [1.165, 1.54) is 12.1 Å². The van der Waals surface area contributed by atoms with Crippen LogP contribution in [0.5, 0.6) is 5.75 Å². The quantitative estimate of drug-likeness (QED) is 0.664. The van der Waals surface area contributed by atoms with Crippen LogP contribution < -0.4 is 4.74 Å². The maximum atomic E-state index is 12.9. The monoisotopic (exact) mass is 187 g/mol. The van der Waals surface area contributed by atoms with Crippen LogP contribution in [0, 0.1) is 5.95 Å². The third kappa shape index (κ3) is 1.67. The lowest BCUT2D eigenvalue weighted by atomic mass is 10.4. The van der Waals surface area contributed by atoms with E-state index in [2.05, 4.69) is 4.98 Å². The van der Waals surface area contributed by atoms with Gasteiger partial charge in [-0.05, 0) is 25.0 Å². The minimum Gasteiger partial charge on any atom is -0.486 e. The highest BCUT2D eigenvalue weighted by Gasteiger charge is 2.24. The molecule has 2 rings (SSSR count). The van der Waals surface area contributed by atoms with Gasteiger partial charge in [0.1, 0.15) is 5.15 Å². The summed E-state index contributed by atoms with van der Waals surface area (Å²) in [5.41, 5.74) is 0. The van der Waals surface area contributed by atoms with Crippen molar-refractivity contribution >= 4 is 11.6 Å². The molecular formula is C8H7ClFNO. The lowest BCUT2D eigenvalue weighted by Gasteiger charge is -2.03. The predicted octanol–water partition coefficient (Wildman–Crippen LogP) is 2.42. The van der Waals surface area contributed by atoms with Gasteiger partial charge in [0.25, 0.3) is 5.95 Å². The first kappa shape index (κ1) is 7.80. The largest absolute Gasteiger partial charge is 0.486 e. The second-order valence-electron chi connectivity index (χ2n) is 2.74. The van der Waals surface area contributed by atoms with E-state index in [4.69, 9.17) is 16.3 Å². The average Bonchev–Trinajstić information content (AvgIpc) is 2.79. The van der Waals surface area contributed by atoms with Gasteiger partial charge in [-0.1, -0.05) is 11.6 Å². The molecule has 1 fully saturated rings. The molecule has 0 bridgehead atoms. The maximum absolute atomic E-state index is 12.9. The molecule has 0 saturated heterocycles. The Kier molecular flexibility index (Phi) is 1.89. The summed E-state index contributed by atoms with van der Waals surface area (Å²) in [6.07, 6.45) is 2.19. The van der Waals surface area contributed by atoms with Gasteiger partial charge in [0.05, 0.1) is 6.10 Å². The van der Waals surface area contributed by atoms with Crippen molar-refractivity contribution in [2.24, 2.45) is 0 Å². The standard InChI is InChI=1S/C8H7ClFNO/c9-7-4-3-6(8(10)11-7)12-5-1-2-5/h3-5H,1-2H2. The van der Waals surface area contributed by atoms with Crippen LogP contribution in [0.15, 0.2) is 12.1 Å². The van der Waals surface area contributed by atoms with Crippen LogP contribution >= 0.6 is 11.6 Å². The zero-order valence-electron chi connectivity index (χ0n) is 6.26. The fourth-order valence-electron chi connectivity index (χ4n) is 0.853. The summed E-state index contributed by atoms with van der Waals surface area (Å²) in [6, 6.07) is 3.02. The van der Waals surface area contributed by atoms with E-state index in [0.29, 0.717) is 0 Å². The van der Waals surface area contributed by atoms with Gasteiger partial charge in [0.15, 0.2) is 5.75 Å². The van der Waals surface area contributed by atoms with Gasteiger partial charge in [-0.25, -0.2) is 4.98 Å². The number of halogens is 2. The van der Waals surface area contributed by atoms with Gasteiger partial charge in [0, 0.05) is 0 Å². The third-order valence-corrected chi connectivity index (χ3v) is 1.81. The van der Waals surface area contributed by atoms with Crippen molar-refractivity contribution in [3.05, 3.63) is 23.2 Å². The SMILES string of the molecule is Fc1nc(Cl)ccc1OC1CC1. The summed E-state index contributed by atoms with van der Waals surface area (Å²) in [5, 5.41) is 0.149. The Balaban J connectivity index is 2.18. The molecule has 2 nitrogen and oxygen atoms in total. The molecule has 64 valence electrons. The fourth-order valence-corrected chi connectivity index (χ4v) is 0.990. The molecule has 1 saturated carbocycles. The molecule has 1 aromatic heterocycles. The predicted molar refractivity (Wildman–Crippen MR) is 42.9 cm³/mol. The first-order valence-electron chi connectivity index (χ1n) is 3.74. The average molecular weight is 188 g/mol. The van der Waals surface area contributed by atoms with Crippen LogP contribution in [-0.4, -0.2) is 11.1 Å². The van der Waals surface area contributed by atoms with Crippen molar-refractivity contribution in [3.8, 4) is 5.75 Å². The summed E-state index contributed by atoms with van der Waals surface area (Å²) in [6.45, 7) is 0. The number of rotatable bonds is 2. The van der Waals surface area contributed by atoms with Crippen LogP contribution in [-0.2, 0) is 0 Å². The van der Waals surface area contributed by atoms with Gasteiger partial charge in [0.2, 0.25) is 0 Å². The first-order chi connectivity index (χ1) is 5.75. The smallest absolute Gasteiger partial charge is 0.256 e. The molecule has 1 aliphatic carbocycles. The van der Waals surface area contributed by atoms with Crippen molar-refractivity contribution in [2.75, 3.05) is 0 Å². The van der Waals surface area contributed by atoms with E-state index in [0.717, 1.165) is 12.8 Å². The second kappa shape index (κ2) is 2.90. The zero-order chi connectivity index (χ0) is 8.55. The fraction of sp³-hybridized carbons (Fsp3) is 0.375. The van der Waals surface area contributed by atoms with E-state index < -0.39 is 5.95 Å². The molecule has 12 heavy (non-hydrogen) atoms. The van der Waals surface area contributed by atoms with Crippen LogP contribution in [0.1, 0.15) is 12.8 Å². The molecule has 0 unspecified atom stereocenters. The van der Waals surface area contributed by atoms with Gasteiger partial charge >= 0.3 is 0 Å². The van der Waals surface area contributed by atoms with Gasteiger partial charge in [-0.2, -0.15) is 4.39 Å². The van der Waals surface area contributed by atoms with E-state index in [1.807, 2.05) is 0 Å². The van der Waals surface area contributed by atoms with E-state index in [9.17, 15) is 4.39 Å². The second-order valence-corrected chi connectivity index (χ2v) is 3.13. The Morgan fingerprint density at radius 1 is 1.50 bits per heavy atom. The number of hydrogen-bond donors (Lipinski definition) is 0. The van der Waals surface area contributed by atoms with Gasteiger partial charge in [-0.3, -0.25) is 0 Å². The lowest BCUT2D eigenvalue weighted by Crippen LogP contribution is -1.99. The topological polar surface area (TPSA) is 22.1 Å². The highest BCUT2D eigenvalue weighted by atomic mass is 35.5. The molecule has 0 aromatic carbocycles. The maximum Gasteiger partial charge on any atom is 0.256 e.